The number of para-hydroxylation sites is 2. The Balaban J connectivity index is 0.00000364. The van der Waals surface area contributed by atoms with Gasteiger partial charge in [-0.1, -0.05) is 32.0 Å². The number of carbonyl (C=O) groups is 1. The molecule has 8 heteroatoms. The quantitative estimate of drug-likeness (QED) is 0.597. The average molecular weight is 430 g/mol. The van der Waals surface area contributed by atoms with Crippen LogP contribution in [0.4, 0.5) is 0 Å². The van der Waals surface area contributed by atoms with E-state index in [1.807, 2.05) is 50.4 Å². The van der Waals surface area contributed by atoms with E-state index in [1.54, 1.807) is 6.20 Å². The van der Waals surface area contributed by atoms with Crippen LogP contribution < -0.4 is 20.1 Å². The molecular formula is C20H29Cl2N3O3. The van der Waals surface area contributed by atoms with E-state index in [2.05, 4.69) is 22.5 Å². The van der Waals surface area contributed by atoms with Crippen molar-refractivity contribution in [3.63, 3.8) is 0 Å². The number of benzene rings is 1. The maximum atomic E-state index is 12.1. The molecule has 28 heavy (non-hydrogen) atoms. The summed E-state index contributed by atoms with van der Waals surface area (Å²) in [6.45, 7) is 5.54. The van der Waals surface area contributed by atoms with Crippen molar-refractivity contribution < 1.29 is 14.3 Å². The van der Waals surface area contributed by atoms with Crippen LogP contribution in [-0.2, 0) is 11.3 Å². The molecule has 2 N–H and O–H groups in total. The van der Waals surface area contributed by atoms with E-state index in [0.717, 1.165) is 12.0 Å². The third-order valence-electron chi connectivity index (χ3n) is 3.78. The van der Waals surface area contributed by atoms with Gasteiger partial charge >= 0.3 is 0 Å². The van der Waals surface area contributed by atoms with E-state index in [0.29, 0.717) is 37.1 Å². The first-order valence-electron chi connectivity index (χ1n) is 8.91. The van der Waals surface area contributed by atoms with Crippen molar-refractivity contribution in [2.75, 3.05) is 20.2 Å². The zero-order chi connectivity index (χ0) is 18.8. The molecule has 1 aromatic carbocycles. The van der Waals surface area contributed by atoms with Crippen molar-refractivity contribution in [1.29, 1.82) is 0 Å². The molecule has 2 aromatic rings. The van der Waals surface area contributed by atoms with Gasteiger partial charge in [0, 0.05) is 30.8 Å². The highest BCUT2D eigenvalue weighted by molar-refractivity contribution is 5.85. The zero-order valence-corrected chi connectivity index (χ0v) is 18.1. The van der Waals surface area contributed by atoms with E-state index in [-0.39, 0.29) is 36.6 Å². The monoisotopic (exact) mass is 429 g/mol. The van der Waals surface area contributed by atoms with Gasteiger partial charge in [0.05, 0.1) is 6.61 Å². The lowest BCUT2D eigenvalue weighted by Gasteiger charge is -2.15. The van der Waals surface area contributed by atoms with Gasteiger partial charge in [0.25, 0.3) is 0 Å². The topological polar surface area (TPSA) is 72.5 Å². The summed E-state index contributed by atoms with van der Waals surface area (Å²) >= 11 is 0. The van der Waals surface area contributed by atoms with Gasteiger partial charge < -0.3 is 20.1 Å². The second kappa shape index (κ2) is 14.0. The molecule has 1 atom stereocenters. The van der Waals surface area contributed by atoms with Gasteiger partial charge in [0.2, 0.25) is 11.8 Å². The molecule has 2 rings (SSSR count). The second-order valence-electron chi connectivity index (χ2n) is 6.04. The molecule has 0 bridgehead atoms. The first-order valence-corrected chi connectivity index (χ1v) is 8.91. The van der Waals surface area contributed by atoms with Gasteiger partial charge in [-0.25, -0.2) is 4.98 Å². The Labute approximate surface area is 179 Å². The van der Waals surface area contributed by atoms with E-state index < -0.39 is 0 Å². The highest BCUT2D eigenvalue weighted by Gasteiger charge is 2.14. The second-order valence-corrected chi connectivity index (χ2v) is 6.04. The molecule has 6 nitrogen and oxygen atoms in total. The van der Waals surface area contributed by atoms with Gasteiger partial charge in [0.15, 0.2) is 11.5 Å². The number of ether oxygens (including phenoxy) is 2. The van der Waals surface area contributed by atoms with Crippen molar-refractivity contribution in [3.8, 4) is 17.4 Å². The van der Waals surface area contributed by atoms with E-state index >= 15 is 0 Å². The van der Waals surface area contributed by atoms with Crippen LogP contribution in [0, 0.1) is 5.92 Å². The number of nitrogens with one attached hydrogen (secondary N) is 2. The van der Waals surface area contributed by atoms with Crippen LogP contribution in [0.5, 0.6) is 17.4 Å². The molecular weight excluding hydrogens is 401 g/mol. The predicted molar refractivity (Wildman–Crippen MR) is 116 cm³/mol. The maximum absolute atomic E-state index is 12.1. The largest absolute Gasteiger partial charge is 0.490 e. The maximum Gasteiger partial charge on any atom is 0.224 e. The number of pyridine rings is 1. The summed E-state index contributed by atoms with van der Waals surface area (Å²) < 4.78 is 11.7. The number of halogens is 2. The van der Waals surface area contributed by atoms with E-state index in [1.165, 1.54) is 0 Å². The highest BCUT2D eigenvalue weighted by atomic mass is 35.5. The van der Waals surface area contributed by atoms with Crippen molar-refractivity contribution >= 4 is 30.7 Å². The Morgan fingerprint density at radius 2 is 1.86 bits per heavy atom. The lowest BCUT2D eigenvalue weighted by Crippen LogP contribution is -2.34. The van der Waals surface area contributed by atoms with Crippen molar-refractivity contribution in [3.05, 3.63) is 48.2 Å². The molecule has 0 saturated carbocycles. The molecule has 0 fully saturated rings. The van der Waals surface area contributed by atoms with Gasteiger partial charge in [0.1, 0.15) is 0 Å². The van der Waals surface area contributed by atoms with Crippen LogP contribution in [-0.4, -0.2) is 31.1 Å². The number of rotatable bonds is 10. The summed E-state index contributed by atoms with van der Waals surface area (Å²) in [5.74, 6) is 1.63. The molecule has 156 valence electrons. The lowest BCUT2D eigenvalue weighted by molar-refractivity contribution is -0.124. The molecule has 0 aliphatic rings. The Hall–Kier alpha value is -2.02. The molecule has 0 aliphatic carbocycles. The number of hydrogen-bond donors (Lipinski definition) is 2. The Morgan fingerprint density at radius 3 is 2.54 bits per heavy atom. The normalized spacial score (nSPS) is 10.8. The third kappa shape index (κ3) is 7.92. The average Bonchev–Trinajstić information content (AvgIpc) is 2.66. The molecule has 0 saturated heterocycles. The fourth-order valence-corrected chi connectivity index (χ4v) is 2.38. The fraction of sp³-hybridized carbons (Fsp3) is 0.400. The van der Waals surface area contributed by atoms with Crippen LogP contribution in [0.25, 0.3) is 0 Å². The number of aromatic nitrogens is 1. The van der Waals surface area contributed by atoms with E-state index in [4.69, 9.17) is 9.47 Å². The standard InChI is InChI=1S/C20H27N3O3.2ClH/c1-4-12-25-17-9-5-6-10-18(17)26-20-16(8-7-11-22-20)14-23-19(24)15(2)13-21-3;;/h5-11,15,21H,4,12-14H2,1-3H3,(H,23,24);2*1H. The molecule has 1 heterocycles. The van der Waals surface area contributed by atoms with Gasteiger partial charge in [-0.3, -0.25) is 4.79 Å². The summed E-state index contributed by atoms with van der Waals surface area (Å²) in [4.78, 5) is 16.4. The highest BCUT2D eigenvalue weighted by Crippen LogP contribution is 2.31. The minimum Gasteiger partial charge on any atom is -0.490 e. The zero-order valence-electron chi connectivity index (χ0n) is 16.4. The summed E-state index contributed by atoms with van der Waals surface area (Å²) in [7, 11) is 1.83. The SMILES string of the molecule is CCCOc1ccccc1Oc1ncccc1CNC(=O)C(C)CNC.Cl.Cl. The van der Waals surface area contributed by atoms with Crippen LogP contribution in [0.1, 0.15) is 25.8 Å². The van der Waals surface area contributed by atoms with E-state index in [9.17, 15) is 4.79 Å². The first-order chi connectivity index (χ1) is 12.7. The van der Waals surface area contributed by atoms with Crippen LogP contribution >= 0.6 is 24.8 Å². The summed E-state index contributed by atoms with van der Waals surface area (Å²) in [5, 5.41) is 5.93. The van der Waals surface area contributed by atoms with Gasteiger partial charge in [-0.15, -0.1) is 24.8 Å². The molecule has 1 aromatic heterocycles. The number of carbonyl (C=O) groups excluding carboxylic acids is 1. The van der Waals surface area contributed by atoms with Crippen LogP contribution in [0.2, 0.25) is 0 Å². The molecule has 0 radical (unpaired) electrons. The summed E-state index contributed by atoms with van der Waals surface area (Å²) in [6.07, 6.45) is 2.58. The third-order valence-corrected chi connectivity index (χ3v) is 3.78. The Morgan fingerprint density at radius 1 is 1.14 bits per heavy atom. The van der Waals surface area contributed by atoms with Gasteiger partial charge in [-0.05, 0) is 31.7 Å². The predicted octanol–water partition coefficient (Wildman–Crippen LogP) is 3.98. The number of nitrogens with zero attached hydrogens (tertiary/aromatic N) is 1. The summed E-state index contributed by atoms with van der Waals surface area (Å²) in [5.41, 5.74) is 0.808. The summed E-state index contributed by atoms with van der Waals surface area (Å²) in [6, 6.07) is 11.2. The number of hydrogen-bond acceptors (Lipinski definition) is 5. The van der Waals surface area contributed by atoms with Crippen LogP contribution in [0.15, 0.2) is 42.6 Å². The molecule has 0 aliphatic heterocycles. The molecule has 1 amide bonds. The molecule has 0 spiro atoms. The smallest absolute Gasteiger partial charge is 0.224 e. The Kier molecular flexibility index (Phi) is 13.0. The number of amides is 1. The first kappa shape index (κ1) is 26.0. The fourth-order valence-electron chi connectivity index (χ4n) is 2.38. The minimum absolute atomic E-state index is 0. The van der Waals surface area contributed by atoms with Crippen LogP contribution in [0.3, 0.4) is 0 Å². The van der Waals surface area contributed by atoms with Crippen molar-refractivity contribution in [1.82, 2.24) is 15.6 Å². The minimum atomic E-state index is -0.107. The van der Waals surface area contributed by atoms with Crippen molar-refractivity contribution in [2.24, 2.45) is 5.92 Å². The Bertz CT molecular complexity index is 717. The molecule has 1 unspecified atom stereocenters. The van der Waals surface area contributed by atoms with Gasteiger partial charge in [-0.2, -0.15) is 0 Å². The lowest BCUT2D eigenvalue weighted by atomic mass is 10.1. The van der Waals surface area contributed by atoms with Crippen molar-refractivity contribution in [2.45, 2.75) is 26.8 Å².